The summed E-state index contributed by atoms with van der Waals surface area (Å²) in [7, 11) is 0. The fourth-order valence-electron chi connectivity index (χ4n) is 5.03. The number of rotatable bonds is 5. The van der Waals surface area contributed by atoms with Crippen LogP contribution >= 0.6 is 11.6 Å². The smallest absolute Gasteiger partial charge is 0.315 e. The Morgan fingerprint density at radius 3 is 2.57 bits per heavy atom. The average Bonchev–Trinajstić information content (AvgIpc) is 3.43. The Morgan fingerprint density at radius 2 is 1.89 bits per heavy atom. The third-order valence-electron chi connectivity index (χ3n) is 6.88. The van der Waals surface area contributed by atoms with Crippen LogP contribution in [0.2, 0.25) is 5.02 Å². The average molecular weight is 497 g/mol. The maximum Gasteiger partial charge on any atom is 0.315 e. The summed E-state index contributed by atoms with van der Waals surface area (Å²) >= 11 is 6.00. The van der Waals surface area contributed by atoms with Crippen molar-refractivity contribution in [1.29, 1.82) is 0 Å². The molecular formula is C27H29ClN2O5. The number of aryl methyl sites for hydroxylation is 1. The standard InChI is InChI=1S/C27H29ClN2O5/c1-16-9-18(28)13-29-24(16)20(31)11-17-5-6-21-19(10-17)27(26(7-8-26)14-33-21)15-34-22(30-27)12-23(32)35-25(2,3)4/h5-6,9-10,13H,7-8,11-12,14-15H2,1-4H3. The van der Waals surface area contributed by atoms with Crippen LogP contribution in [0.1, 0.15) is 67.2 Å². The second-order valence-electron chi connectivity index (χ2n) is 10.7. The first-order valence-electron chi connectivity index (χ1n) is 11.9. The van der Waals surface area contributed by atoms with Crippen molar-refractivity contribution in [3.05, 3.63) is 57.9 Å². The Morgan fingerprint density at radius 1 is 1.11 bits per heavy atom. The van der Waals surface area contributed by atoms with E-state index in [9.17, 15) is 9.59 Å². The molecule has 35 heavy (non-hydrogen) atoms. The van der Waals surface area contributed by atoms with Gasteiger partial charge >= 0.3 is 5.97 Å². The monoisotopic (exact) mass is 496 g/mol. The number of esters is 1. The number of pyridine rings is 1. The lowest BCUT2D eigenvalue weighted by atomic mass is 9.74. The van der Waals surface area contributed by atoms with Gasteiger partial charge in [0.1, 0.15) is 35.6 Å². The zero-order valence-corrected chi connectivity index (χ0v) is 21.2. The number of fused-ring (bicyclic) bond motifs is 3. The Balaban J connectivity index is 1.44. The number of Topliss-reactive ketones (excluding diaryl/α,β-unsaturated/α-hetero) is 1. The molecule has 1 aromatic carbocycles. The fraction of sp³-hybridized carbons (Fsp3) is 0.481. The molecule has 3 aliphatic rings. The largest absolute Gasteiger partial charge is 0.493 e. The lowest BCUT2D eigenvalue weighted by Gasteiger charge is -2.39. The van der Waals surface area contributed by atoms with Gasteiger partial charge in [0.2, 0.25) is 0 Å². The molecule has 1 aliphatic carbocycles. The number of hydrogen-bond acceptors (Lipinski definition) is 7. The Kier molecular flexibility index (Phi) is 5.66. The normalized spacial score (nSPS) is 21.7. The van der Waals surface area contributed by atoms with E-state index >= 15 is 0 Å². The van der Waals surface area contributed by atoms with E-state index in [1.807, 2.05) is 45.9 Å². The molecule has 0 amide bonds. The molecular weight excluding hydrogens is 468 g/mol. The Labute approximate surface area is 209 Å². The van der Waals surface area contributed by atoms with Gasteiger partial charge in [-0.3, -0.25) is 14.6 Å². The van der Waals surface area contributed by atoms with Crippen molar-refractivity contribution >= 4 is 29.3 Å². The van der Waals surface area contributed by atoms with Crippen LogP contribution in [0.4, 0.5) is 0 Å². The molecule has 7 nitrogen and oxygen atoms in total. The molecule has 2 aromatic rings. The summed E-state index contributed by atoms with van der Waals surface area (Å²) in [5, 5.41) is 0.503. The number of ketones is 1. The maximum absolute atomic E-state index is 13.0. The Hall–Kier alpha value is -2.93. The van der Waals surface area contributed by atoms with Gasteiger partial charge in [-0.2, -0.15) is 0 Å². The van der Waals surface area contributed by atoms with Crippen molar-refractivity contribution < 1.29 is 23.8 Å². The molecule has 0 radical (unpaired) electrons. The van der Waals surface area contributed by atoms with E-state index in [1.54, 1.807) is 6.07 Å². The van der Waals surface area contributed by atoms with Crippen LogP contribution in [0.25, 0.3) is 0 Å². The van der Waals surface area contributed by atoms with E-state index in [-0.39, 0.29) is 30.0 Å². The molecule has 8 heteroatoms. The van der Waals surface area contributed by atoms with Crippen molar-refractivity contribution in [3.8, 4) is 5.75 Å². The minimum Gasteiger partial charge on any atom is -0.493 e. The van der Waals surface area contributed by atoms with E-state index in [1.165, 1.54) is 6.20 Å². The van der Waals surface area contributed by atoms with Gasteiger partial charge in [0.15, 0.2) is 11.7 Å². The third-order valence-corrected chi connectivity index (χ3v) is 7.08. The highest BCUT2D eigenvalue weighted by atomic mass is 35.5. The lowest BCUT2D eigenvalue weighted by molar-refractivity contribution is -0.153. The number of nitrogens with zero attached hydrogens (tertiary/aromatic N) is 2. The van der Waals surface area contributed by atoms with Crippen molar-refractivity contribution in [2.24, 2.45) is 10.4 Å². The van der Waals surface area contributed by atoms with Crippen molar-refractivity contribution in [3.63, 3.8) is 0 Å². The lowest BCUT2D eigenvalue weighted by Crippen LogP contribution is -2.44. The van der Waals surface area contributed by atoms with Crippen molar-refractivity contribution in [2.45, 2.75) is 64.5 Å². The summed E-state index contributed by atoms with van der Waals surface area (Å²) in [4.78, 5) is 34.7. The summed E-state index contributed by atoms with van der Waals surface area (Å²) in [5.74, 6) is 0.685. The number of aliphatic imine (C=N–C) groups is 1. The van der Waals surface area contributed by atoms with E-state index < -0.39 is 11.1 Å². The van der Waals surface area contributed by atoms with Gasteiger partial charge in [-0.05, 0) is 69.9 Å². The summed E-state index contributed by atoms with van der Waals surface area (Å²) in [6.07, 6.45) is 3.61. The molecule has 1 aromatic heterocycles. The zero-order valence-electron chi connectivity index (χ0n) is 20.4. The first kappa shape index (κ1) is 23.8. The fourth-order valence-corrected chi connectivity index (χ4v) is 5.25. The van der Waals surface area contributed by atoms with Crippen LogP contribution < -0.4 is 4.74 Å². The van der Waals surface area contributed by atoms with E-state index in [4.69, 9.17) is 30.8 Å². The van der Waals surface area contributed by atoms with Crippen LogP contribution in [-0.2, 0) is 26.2 Å². The first-order chi connectivity index (χ1) is 16.5. The number of carbonyl (C=O) groups is 2. The maximum atomic E-state index is 13.0. The first-order valence-corrected chi connectivity index (χ1v) is 12.2. The molecule has 1 atom stereocenters. The molecule has 2 aliphatic heterocycles. The zero-order chi connectivity index (χ0) is 25.0. The number of carbonyl (C=O) groups excluding carboxylic acids is 2. The SMILES string of the molecule is Cc1cc(Cl)cnc1C(=O)Cc1ccc2c(c1)C1(COC(CC(=O)OC(C)(C)C)=N1)C1(CC1)CO2. The second-order valence-corrected chi connectivity index (χ2v) is 11.2. The number of aromatic nitrogens is 1. The molecule has 184 valence electrons. The summed E-state index contributed by atoms with van der Waals surface area (Å²) in [5.41, 5.74) is 1.55. The van der Waals surface area contributed by atoms with Crippen LogP contribution in [0.5, 0.6) is 5.75 Å². The van der Waals surface area contributed by atoms with Gasteiger partial charge in [-0.25, -0.2) is 4.99 Å². The highest BCUT2D eigenvalue weighted by Crippen LogP contribution is 2.65. The number of halogens is 1. The minimum atomic E-state index is -0.634. The second kappa shape index (κ2) is 8.33. The van der Waals surface area contributed by atoms with Gasteiger partial charge in [-0.15, -0.1) is 0 Å². The molecule has 0 bridgehead atoms. The molecule has 5 rings (SSSR count). The van der Waals surface area contributed by atoms with Crippen molar-refractivity contribution in [2.75, 3.05) is 13.2 Å². The molecule has 3 heterocycles. The molecule has 1 unspecified atom stereocenters. The molecule has 0 saturated heterocycles. The van der Waals surface area contributed by atoms with Crippen LogP contribution in [0.15, 0.2) is 35.5 Å². The van der Waals surface area contributed by atoms with Crippen LogP contribution in [0.3, 0.4) is 0 Å². The quantitative estimate of drug-likeness (QED) is 0.427. The minimum absolute atomic E-state index is 0.00895. The highest BCUT2D eigenvalue weighted by Gasteiger charge is 2.66. The predicted octanol–water partition coefficient (Wildman–Crippen LogP) is 5.00. The van der Waals surface area contributed by atoms with E-state index in [2.05, 4.69) is 4.98 Å². The summed E-state index contributed by atoms with van der Waals surface area (Å²) in [6.45, 7) is 8.23. The number of benzene rings is 1. The van der Waals surface area contributed by atoms with Crippen LogP contribution in [0, 0.1) is 12.3 Å². The molecule has 2 spiro atoms. The van der Waals surface area contributed by atoms with E-state index in [0.29, 0.717) is 29.8 Å². The van der Waals surface area contributed by atoms with Gasteiger partial charge in [0.25, 0.3) is 0 Å². The molecule has 1 fully saturated rings. The third kappa shape index (κ3) is 4.42. The molecule has 1 saturated carbocycles. The summed E-state index contributed by atoms with van der Waals surface area (Å²) < 4.78 is 17.6. The van der Waals surface area contributed by atoms with Crippen LogP contribution in [-0.4, -0.2) is 41.4 Å². The number of hydrogen-bond donors (Lipinski definition) is 0. The molecule has 0 N–H and O–H groups in total. The van der Waals surface area contributed by atoms with E-state index in [0.717, 1.165) is 35.3 Å². The number of ether oxygens (including phenoxy) is 3. The van der Waals surface area contributed by atoms with Crippen molar-refractivity contribution in [1.82, 2.24) is 4.98 Å². The van der Waals surface area contributed by atoms with Gasteiger partial charge in [0.05, 0.1) is 11.6 Å². The van der Waals surface area contributed by atoms with Gasteiger partial charge in [-0.1, -0.05) is 17.7 Å². The highest BCUT2D eigenvalue weighted by molar-refractivity contribution is 6.30. The Bertz CT molecular complexity index is 1240. The van der Waals surface area contributed by atoms with Gasteiger partial charge < -0.3 is 14.2 Å². The topological polar surface area (TPSA) is 87.1 Å². The summed E-state index contributed by atoms with van der Waals surface area (Å²) in [6, 6.07) is 7.55. The predicted molar refractivity (Wildman–Crippen MR) is 131 cm³/mol. The van der Waals surface area contributed by atoms with Gasteiger partial charge in [0, 0.05) is 23.6 Å².